The third-order valence-corrected chi connectivity index (χ3v) is 4.37. The van der Waals surface area contributed by atoms with E-state index in [1.54, 1.807) is 6.20 Å². The first-order chi connectivity index (χ1) is 9.77. The number of hydrogen-bond acceptors (Lipinski definition) is 3. The lowest BCUT2D eigenvalue weighted by Crippen LogP contribution is -2.33. The van der Waals surface area contributed by atoms with Gasteiger partial charge >= 0.3 is 0 Å². The van der Waals surface area contributed by atoms with Gasteiger partial charge in [0, 0.05) is 35.3 Å². The van der Waals surface area contributed by atoms with Gasteiger partial charge in [0.1, 0.15) is 0 Å². The minimum Gasteiger partial charge on any atom is -0.316 e. The molecule has 1 aliphatic rings. The van der Waals surface area contributed by atoms with Crippen LogP contribution in [0.5, 0.6) is 0 Å². The summed E-state index contributed by atoms with van der Waals surface area (Å²) < 4.78 is 0. The summed E-state index contributed by atoms with van der Waals surface area (Å²) in [4.78, 5) is 17.3. The zero-order valence-electron chi connectivity index (χ0n) is 11.9. The van der Waals surface area contributed by atoms with Crippen molar-refractivity contribution in [3.63, 3.8) is 0 Å². The van der Waals surface area contributed by atoms with Gasteiger partial charge in [-0.2, -0.15) is 0 Å². The summed E-state index contributed by atoms with van der Waals surface area (Å²) >= 11 is 0. The van der Waals surface area contributed by atoms with Crippen LogP contribution >= 0.6 is 0 Å². The van der Waals surface area contributed by atoms with Crippen LogP contribution in [0.2, 0.25) is 0 Å². The second kappa shape index (κ2) is 5.33. The van der Waals surface area contributed by atoms with Gasteiger partial charge in [-0.15, -0.1) is 0 Å². The maximum atomic E-state index is 13.1. The number of nitrogens with zero attached hydrogens (tertiary/aromatic N) is 1. The number of nitrogens with one attached hydrogen (secondary N) is 1. The molecule has 0 bridgehead atoms. The van der Waals surface area contributed by atoms with Gasteiger partial charge in [-0.05, 0) is 24.8 Å². The molecule has 0 amide bonds. The highest BCUT2D eigenvalue weighted by Gasteiger charge is 2.41. The van der Waals surface area contributed by atoms with E-state index >= 15 is 0 Å². The molecule has 1 aromatic heterocycles. The quantitative estimate of drug-likeness (QED) is 0.866. The Labute approximate surface area is 119 Å². The number of carbonyl (C=O) groups excluding carboxylic acids is 1. The highest BCUT2D eigenvalue weighted by Crippen LogP contribution is 2.36. The number of fused-ring (bicyclic) bond motifs is 1. The lowest BCUT2D eigenvalue weighted by Gasteiger charge is -2.26. The Balaban J connectivity index is 2.08. The molecule has 2 heterocycles. The van der Waals surface area contributed by atoms with Crippen LogP contribution < -0.4 is 5.32 Å². The Kier molecular flexibility index (Phi) is 3.53. The highest BCUT2D eigenvalue weighted by molar-refractivity contribution is 6.10. The zero-order valence-corrected chi connectivity index (χ0v) is 11.9. The molecule has 1 atom stereocenters. The van der Waals surface area contributed by atoms with Crippen molar-refractivity contribution in [2.24, 2.45) is 5.41 Å². The van der Waals surface area contributed by atoms with Crippen molar-refractivity contribution in [1.82, 2.24) is 10.3 Å². The predicted molar refractivity (Wildman–Crippen MR) is 80.9 cm³/mol. The maximum absolute atomic E-state index is 13.1. The third-order valence-electron chi connectivity index (χ3n) is 4.37. The number of ketones is 1. The molecule has 1 unspecified atom stereocenters. The molecule has 1 N–H and O–H groups in total. The predicted octanol–water partition coefficient (Wildman–Crippen LogP) is 3.20. The Hall–Kier alpha value is -1.74. The van der Waals surface area contributed by atoms with E-state index in [1.807, 2.05) is 30.5 Å². The highest BCUT2D eigenvalue weighted by atomic mass is 16.1. The van der Waals surface area contributed by atoms with E-state index in [-0.39, 0.29) is 11.2 Å². The van der Waals surface area contributed by atoms with Crippen LogP contribution in [0.1, 0.15) is 36.5 Å². The first kappa shape index (κ1) is 13.3. The van der Waals surface area contributed by atoms with Gasteiger partial charge in [0.2, 0.25) is 0 Å². The summed E-state index contributed by atoms with van der Waals surface area (Å²) in [7, 11) is 0. The maximum Gasteiger partial charge on any atom is 0.172 e. The molecular formula is C17H20N2O. The van der Waals surface area contributed by atoms with E-state index in [4.69, 9.17) is 0 Å². The van der Waals surface area contributed by atoms with Crippen molar-refractivity contribution in [2.45, 2.75) is 26.2 Å². The van der Waals surface area contributed by atoms with E-state index in [1.165, 1.54) is 0 Å². The monoisotopic (exact) mass is 268 g/mol. The van der Waals surface area contributed by atoms with Gasteiger partial charge in [-0.25, -0.2) is 0 Å². The standard InChI is InChI=1S/C17H20N2O/c1-2-7-17(8-9-18-12-17)16(20)15-11-19-10-13-5-3-4-6-14(13)15/h3-6,10-11,18H,2,7-9,12H2,1H3. The van der Waals surface area contributed by atoms with E-state index < -0.39 is 0 Å². The Morgan fingerprint density at radius 3 is 2.95 bits per heavy atom. The topological polar surface area (TPSA) is 42.0 Å². The molecule has 3 heteroatoms. The number of aromatic nitrogens is 1. The van der Waals surface area contributed by atoms with Gasteiger partial charge in [0.15, 0.2) is 5.78 Å². The van der Waals surface area contributed by atoms with Gasteiger partial charge < -0.3 is 5.32 Å². The molecule has 0 aliphatic carbocycles. The van der Waals surface area contributed by atoms with Crippen LogP contribution in [0.25, 0.3) is 10.8 Å². The molecule has 0 saturated carbocycles. The number of rotatable bonds is 4. The molecule has 20 heavy (non-hydrogen) atoms. The Morgan fingerprint density at radius 1 is 1.35 bits per heavy atom. The van der Waals surface area contributed by atoms with Gasteiger partial charge in [-0.3, -0.25) is 9.78 Å². The van der Waals surface area contributed by atoms with Crippen LogP contribution in [0, 0.1) is 5.41 Å². The second-order valence-corrected chi connectivity index (χ2v) is 5.69. The van der Waals surface area contributed by atoms with Crippen LogP contribution in [-0.4, -0.2) is 23.9 Å². The molecule has 1 saturated heterocycles. The molecule has 3 nitrogen and oxygen atoms in total. The van der Waals surface area contributed by atoms with Gasteiger partial charge in [-0.1, -0.05) is 37.6 Å². The first-order valence-electron chi connectivity index (χ1n) is 7.35. The SMILES string of the molecule is CCCC1(C(=O)c2cncc3ccccc23)CCNC1. The summed E-state index contributed by atoms with van der Waals surface area (Å²) in [5.74, 6) is 0.258. The molecule has 3 rings (SSSR count). The molecule has 2 aromatic rings. The normalized spacial score (nSPS) is 22.2. The lowest BCUT2D eigenvalue weighted by molar-refractivity contribution is 0.0803. The van der Waals surface area contributed by atoms with Gasteiger partial charge in [0.25, 0.3) is 0 Å². The van der Waals surface area contributed by atoms with E-state index in [2.05, 4.69) is 17.2 Å². The summed E-state index contributed by atoms with van der Waals surface area (Å²) in [6.45, 7) is 3.88. The second-order valence-electron chi connectivity index (χ2n) is 5.69. The summed E-state index contributed by atoms with van der Waals surface area (Å²) in [6.07, 6.45) is 6.47. The van der Waals surface area contributed by atoms with Crippen LogP contribution in [0.15, 0.2) is 36.7 Å². The Bertz CT molecular complexity index is 624. The summed E-state index contributed by atoms with van der Waals surface area (Å²) in [5, 5.41) is 5.42. The average molecular weight is 268 g/mol. The molecule has 0 spiro atoms. The van der Waals surface area contributed by atoms with Crippen LogP contribution in [0.3, 0.4) is 0 Å². The Morgan fingerprint density at radius 2 is 2.20 bits per heavy atom. The summed E-state index contributed by atoms with van der Waals surface area (Å²) in [6, 6.07) is 8.00. The minimum atomic E-state index is -0.236. The molecule has 104 valence electrons. The molecule has 1 aliphatic heterocycles. The third kappa shape index (κ3) is 2.12. The van der Waals surface area contributed by atoms with Crippen molar-refractivity contribution in [3.05, 3.63) is 42.2 Å². The smallest absolute Gasteiger partial charge is 0.172 e. The first-order valence-corrected chi connectivity index (χ1v) is 7.35. The number of carbonyl (C=O) groups is 1. The van der Waals surface area contributed by atoms with Gasteiger partial charge in [0.05, 0.1) is 0 Å². The number of pyridine rings is 1. The molecule has 1 aromatic carbocycles. The fourth-order valence-electron chi connectivity index (χ4n) is 3.33. The molecule has 0 radical (unpaired) electrons. The van der Waals surface area contributed by atoms with Crippen molar-refractivity contribution < 1.29 is 4.79 Å². The van der Waals surface area contributed by atoms with E-state index in [9.17, 15) is 4.79 Å². The van der Waals surface area contributed by atoms with Crippen molar-refractivity contribution in [1.29, 1.82) is 0 Å². The minimum absolute atomic E-state index is 0.236. The van der Waals surface area contributed by atoms with Crippen molar-refractivity contribution >= 4 is 16.6 Å². The number of Topliss-reactive ketones (excluding diaryl/α,β-unsaturated/α-hetero) is 1. The van der Waals surface area contributed by atoms with Crippen LogP contribution in [0.4, 0.5) is 0 Å². The molecular weight excluding hydrogens is 248 g/mol. The number of hydrogen-bond donors (Lipinski definition) is 1. The average Bonchev–Trinajstić information content (AvgIpc) is 2.96. The number of benzene rings is 1. The van der Waals surface area contributed by atoms with E-state index in [0.717, 1.165) is 48.7 Å². The zero-order chi connectivity index (χ0) is 14.0. The largest absolute Gasteiger partial charge is 0.316 e. The van der Waals surface area contributed by atoms with Crippen molar-refractivity contribution in [2.75, 3.05) is 13.1 Å². The fraction of sp³-hybridized carbons (Fsp3) is 0.412. The lowest BCUT2D eigenvalue weighted by atomic mass is 9.75. The fourth-order valence-corrected chi connectivity index (χ4v) is 3.33. The summed E-state index contributed by atoms with van der Waals surface area (Å²) in [5.41, 5.74) is 0.542. The molecule has 1 fully saturated rings. The van der Waals surface area contributed by atoms with Crippen molar-refractivity contribution in [3.8, 4) is 0 Å². The van der Waals surface area contributed by atoms with E-state index in [0.29, 0.717) is 0 Å². The van der Waals surface area contributed by atoms with Crippen LogP contribution in [-0.2, 0) is 0 Å².